The van der Waals surface area contributed by atoms with Crippen LogP contribution >= 0.6 is 0 Å². The molecule has 26 heavy (non-hydrogen) atoms. The number of rotatable bonds is 5. The highest BCUT2D eigenvalue weighted by Gasteiger charge is 2.18. The lowest BCUT2D eigenvalue weighted by atomic mass is 9.86. The fraction of sp³-hybridized carbons (Fsp3) is 0.250. The smallest absolute Gasteiger partial charge is 0.249 e. The molecule has 6 nitrogen and oxygen atoms in total. The fourth-order valence-electron chi connectivity index (χ4n) is 2.67. The average molecular weight is 349 g/mol. The fourth-order valence-corrected chi connectivity index (χ4v) is 2.67. The molecule has 1 aromatic heterocycles. The van der Waals surface area contributed by atoms with E-state index in [1.807, 2.05) is 42.5 Å². The molecule has 3 aromatic rings. The first-order valence-corrected chi connectivity index (χ1v) is 8.43. The Morgan fingerprint density at radius 1 is 0.885 bits per heavy atom. The summed E-state index contributed by atoms with van der Waals surface area (Å²) in [7, 11) is 1.63. The maximum Gasteiger partial charge on any atom is 0.249 e. The molecule has 0 aliphatic rings. The highest BCUT2D eigenvalue weighted by molar-refractivity contribution is 5.65. The summed E-state index contributed by atoms with van der Waals surface area (Å²) in [6.45, 7) is 6.52. The SMILES string of the molecule is COc1ccccc1Nc1cnnc(Nc2ccccc2C(C)(C)C)n1. The van der Waals surface area contributed by atoms with Gasteiger partial charge in [-0.25, -0.2) is 0 Å². The number of anilines is 4. The van der Waals surface area contributed by atoms with E-state index in [1.165, 1.54) is 5.56 Å². The molecule has 0 spiro atoms. The highest BCUT2D eigenvalue weighted by Crippen LogP contribution is 2.31. The topological polar surface area (TPSA) is 72.0 Å². The number of methoxy groups -OCH3 is 1. The van der Waals surface area contributed by atoms with Crippen molar-refractivity contribution in [1.29, 1.82) is 0 Å². The second-order valence-corrected chi connectivity index (χ2v) is 6.91. The van der Waals surface area contributed by atoms with Gasteiger partial charge in [-0.05, 0) is 29.2 Å². The summed E-state index contributed by atoms with van der Waals surface area (Å²) >= 11 is 0. The van der Waals surface area contributed by atoms with Gasteiger partial charge in [-0.1, -0.05) is 51.1 Å². The Kier molecular flexibility index (Phi) is 5.02. The summed E-state index contributed by atoms with van der Waals surface area (Å²) in [6.07, 6.45) is 1.58. The summed E-state index contributed by atoms with van der Waals surface area (Å²) < 4.78 is 5.35. The average Bonchev–Trinajstić information content (AvgIpc) is 2.62. The molecular weight excluding hydrogens is 326 g/mol. The van der Waals surface area contributed by atoms with Crippen molar-refractivity contribution in [2.45, 2.75) is 26.2 Å². The van der Waals surface area contributed by atoms with Gasteiger partial charge in [-0.2, -0.15) is 10.1 Å². The molecule has 0 unspecified atom stereocenters. The van der Waals surface area contributed by atoms with Gasteiger partial charge in [-0.3, -0.25) is 0 Å². The minimum atomic E-state index is 0.00425. The molecule has 0 aliphatic heterocycles. The summed E-state index contributed by atoms with van der Waals surface area (Å²) in [4.78, 5) is 4.51. The standard InChI is InChI=1S/C20H23N5O/c1-20(2,3)14-9-5-6-10-15(14)23-19-24-18(13-21-25-19)22-16-11-7-8-12-17(16)26-4/h5-13H,1-4H3,(H2,22,23,24,25). The van der Waals surface area contributed by atoms with E-state index in [-0.39, 0.29) is 5.41 Å². The minimum Gasteiger partial charge on any atom is -0.495 e. The minimum absolute atomic E-state index is 0.00425. The normalized spacial score (nSPS) is 11.1. The van der Waals surface area contributed by atoms with Gasteiger partial charge in [0.25, 0.3) is 0 Å². The van der Waals surface area contributed by atoms with Crippen molar-refractivity contribution >= 4 is 23.1 Å². The molecule has 0 atom stereocenters. The number of hydrogen-bond acceptors (Lipinski definition) is 6. The number of nitrogens with zero attached hydrogens (tertiary/aromatic N) is 3. The predicted molar refractivity (Wildman–Crippen MR) is 105 cm³/mol. The van der Waals surface area contributed by atoms with Crippen LogP contribution in [-0.2, 0) is 5.41 Å². The zero-order valence-electron chi connectivity index (χ0n) is 15.4. The molecule has 0 radical (unpaired) electrons. The first-order chi connectivity index (χ1) is 12.5. The number of nitrogens with one attached hydrogen (secondary N) is 2. The van der Waals surface area contributed by atoms with Crippen LogP contribution in [0.5, 0.6) is 5.75 Å². The van der Waals surface area contributed by atoms with Crippen molar-refractivity contribution in [2.75, 3.05) is 17.7 Å². The van der Waals surface area contributed by atoms with Crippen LogP contribution in [0.15, 0.2) is 54.7 Å². The van der Waals surface area contributed by atoms with Gasteiger partial charge in [0.2, 0.25) is 5.95 Å². The summed E-state index contributed by atoms with van der Waals surface area (Å²) in [5.74, 6) is 1.75. The van der Waals surface area contributed by atoms with E-state index in [0.717, 1.165) is 17.1 Å². The molecule has 0 aliphatic carbocycles. The Balaban J connectivity index is 1.85. The molecule has 0 amide bonds. The van der Waals surface area contributed by atoms with Crippen LogP contribution in [0.1, 0.15) is 26.3 Å². The van der Waals surface area contributed by atoms with Crippen LogP contribution in [0, 0.1) is 0 Å². The van der Waals surface area contributed by atoms with E-state index in [1.54, 1.807) is 13.3 Å². The second-order valence-electron chi connectivity index (χ2n) is 6.91. The number of ether oxygens (including phenoxy) is 1. The molecule has 0 bridgehead atoms. The summed E-state index contributed by atoms with van der Waals surface area (Å²) in [5, 5.41) is 14.6. The van der Waals surface area contributed by atoms with Crippen LogP contribution in [0.25, 0.3) is 0 Å². The van der Waals surface area contributed by atoms with E-state index in [0.29, 0.717) is 11.8 Å². The highest BCUT2D eigenvalue weighted by atomic mass is 16.5. The second kappa shape index (κ2) is 7.39. The first kappa shape index (κ1) is 17.7. The Bertz CT molecular complexity index is 889. The van der Waals surface area contributed by atoms with Crippen molar-refractivity contribution in [3.05, 3.63) is 60.3 Å². The van der Waals surface area contributed by atoms with E-state index in [2.05, 4.69) is 52.7 Å². The van der Waals surface area contributed by atoms with Crippen molar-refractivity contribution in [1.82, 2.24) is 15.2 Å². The number of benzene rings is 2. The third kappa shape index (κ3) is 4.08. The molecule has 0 saturated carbocycles. The molecule has 3 rings (SSSR count). The molecule has 0 fully saturated rings. The van der Waals surface area contributed by atoms with Gasteiger partial charge in [0.1, 0.15) is 5.75 Å². The van der Waals surface area contributed by atoms with Gasteiger partial charge >= 0.3 is 0 Å². The monoisotopic (exact) mass is 349 g/mol. The van der Waals surface area contributed by atoms with E-state index in [9.17, 15) is 0 Å². The predicted octanol–water partition coefficient (Wildman–Crippen LogP) is 4.66. The first-order valence-electron chi connectivity index (χ1n) is 8.43. The van der Waals surface area contributed by atoms with Crippen LogP contribution in [0.4, 0.5) is 23.1 Å². The summed E-state index contributed by atoms with van der Waals surface area (Å²) in [6, 6.07) is 15.8. The molecular formula is C20H23N5O. The lowest BCUT2D eigenvalue weighted by molar-refractivity contribution is 0.417. The molecule has 2 aromatic carbocycles. The quantitative estimate of drug-likeness (QED) is 0.698. The lowest BCUT2D eigenvalue weighted by Crippen LogP contribution is -2.14. The van der Waals surface area contributed by atoms with Crippen molar-refractivity contribution in [3.63, 3.8) is 0 Å². The third-order valence-electron chi connectivity index (χ3n) is 3.91. The Morgan fingerprint density at radius 2 is 1.58 bits per heavy atom. The van der Waals surface area contributed by atoms with Crippen LogP contribution in [0.2, 0.25) is 0 Å². The molecule has 0 saturated heterocycles. The Labute approximate surface area is 153 Å². The van der Waals surface area contributed by atoms with E-state index in [4.69, 9.17) is 4.74 Å². The number of hydrogen-bond donors (Lipinski definition) is 2. The maximum atomic E-state index is 5.35. The van der Waals surface area contributed by atoms with Crippen molar-refractivity contribution in [2.24, 2.45) is 0 Å². The van der Waals surface area contributed by atoms with Crippen LogP contribution < -0.4 is 15.4 Å². The molecule has 2 N–H and O–H groups in total. The van der Waals surface area contributed by atoms with Gasteiger partial charge < -0.3 is 15.4 Å². The maximum absolute atomic E-state index is 5.35. The molecule has 134 valence electrons. The van der Waals surface area contributed by atoms with Crippen LogP contribution in [-0.4, -0.2) is 22.3 Å². The lowest BCUT2D eigenvalue weighted by Gasteiger charge is -2.22. The van der Waals surface area contributed by atoms with Crippen LogP contribution in [0.3, 0.4) is 0 Å². The Hall–Kier alpha value is -3.15. The third-order valence-corrected chi connectivity index (χ3v) is 3.91. The largest absolute Gasteiger partial charge is 0.495 e. The van der Waals surface area contributed by atoms with E-state index < -0.39 is 0 Å². The zero-order valence-corrected chi connectivity index (χ0v) is 15.4. The molecule has 6 heteroatoms. The zero-order chi connectivity index (χ0) is 18.6. The Morgan fingerprint density at radius 3 is 2.31 bits per heavy atom. The van der Waals surface area contributed by atoms with Gasteiger partial charge in [-0.15, -0.1) is 5.10 Å². The van der Waals surface area contributed by atoms with Crippen molar-refractivity contribution < 1.29 is 4.74 Å². The van der Waals surface area contributed by atoms with Gasteiger partial charge in [0, 0.05) is 5.69 Å². The van der Waals surface area contributed by atoms with Gasteiger partial charge in [0.15, 0.2) is 5.82 Å². The number of para-hydroxylation sites is 3. The molecule has 1 heterocycles. The van der Waals surface area contributed by atoms with Gasteiger partial charge in [0.05, 0.1) is 19.0 Å². The number of aromatic nitrogens is 3. The van der Waals surface area contributed by atoms with Crippen molar-refractivity contribution in [3.8, 4) is 5.75 Å². The summed E-state index contributed by atoms with van der Waals surface area (Å²) in [5.41, 5.74) is 2.98. The van der Waals surface area contributed by atoms with E-state index >= 15 is 0 Å².